The topological polar surface area (TPSA) is 62.7 Å². The summed E-state index contributed by atoms with van der Waals surface area (Å²) in [7, 11) is 0. The maximum Gasteiger partial charge on any atom is 0.263 e. The fourth-order valence-corrected chi connectivity index (χ4v) is 6.07. The standard InChI is InChI=1S/C28H23Cl2FN2O3/c29-17-12-16-13-25(36-26(16)21(14-17)19-6-9-32-24-3-1-2-20(19)24)27(34)33-10-7-28(35,8-11-33)22-5-4-18(31)15-23(22)30/h1-2,4-6,9,12,14-15,25,35H,3,7-8,10-11,13H2. The fourth-order valence-electron chi connectivity index (χ4n) is 5.49. The Morgan fingerprint density at radius 2 is 1.94 bits per heavy atom. The number of hydrogen-bond donors (Lipinski definition) is 1. The SMILES string of the molecule is O=C(C1Cc2cc(Cl)cc(-c3ccnc4c3C=CC4)c2O1)N1CCC(O)(c2ccc(F)cc2Cl)CC1. The lowest BCUT2D eigenvalue weighted by Gasteiger charge is -2.39. The third kappa shape index (κ3) is 3.97. The molecule has 0 bridgehead atoms. The van der Waals surface area contributed by atoms with Gasteiger partial charge in [-0.3, -0.25) is 9.78 Å². The first kappa shape index (κ1) is 23.5. The molecule has 1 fully saturated rings. The molecule has 1 unspecified atom stereocenters. The van der Waals surface area contributed by atoms with Crippen molar-refractivity contribution in [2.45, 2.75) is 37.4 Å². The molecule has 3 aromatic rings. The number of piperidine rings is 1. The van der Waals surface area contributed by atoms with Crippen molar-refractivity contribution < 1.29 is 19.0 Å². The predicted octanol–water partition coefficient (Wildman–Crippen LogP) is 5.58. The monoisotopic (exact) mass is 524 g/mol. The Bertz CT molecular complexity index is 1420. The van der Waals surface area contributed by atoms with Crippen molar-refractivity contribution in [3.63, 3.8) is 0 Å². The van der Waals surface area contributed by atoms with E-state index in [0.717, 1.165) is 34.4 Å². The van der Waals surface area contributed by atoms with Gasteiger partial charge in [0.05, 0.1) is 11.3 Å². The molecule has 2 aromatic carbocycles. The van der Waals surface area contributed by atoms with E-state index in [9.17, 15) is 14.3 Å². The van der Waals surface area contributed by atoms with Gasteiger partial charge in [0.15, 0.2) is 6.10 Å². The van der Waals surface area contributed by atoms with Gasteiger partial charge in [-0.15, -0.1) is 0 Å². The Morgan fingerprint density at radius 1 is 1.14 bits per heavy atom. The third-order valence-electron chi connectivity index (χ3n) is 7.36. The average molecular weight is 525 g/mol. The maximum atomic E-state index is 13.5. The zero-order valence-corrected chi connectivity index (χ0v) is 20.8. The van der Waals surface area contributed by atoms with Gasteiger partial charge in [0, 0.05) is 64.4 Å². The van der Waals surface area contributed by atoms with Crippen LogP contribution in [0.4, 0.5) is 4.39 Å². The largest absolute Gasteiger partial charge is 0.479 e. The highest BCUT2D eigenvalue weighted by Gasteiger charge is 2.40. The summed E-state index contributed by atoms with van der Waals surface area (Å²) in [5.41, 5.74) is 4.08. The van der Waals surface area contributed by atoms with E-state index in [1.54, 1.807) is 11.1 Å². The van der Waals surface area contributed by atoms with Crippen LogP contribution in [0.25, 0.3) is 17.2 Å². The lowest BCUT2D eigenvalue weighted by Crippen LogP contribution is -2.49. The number of likely N-dealkylation sites (tertiary alicyclic amines) is 1. The molecule has 2 aliphatic heterocycles. The van der Waals surface area contributed by atoms with E-state index >= 15 is 0 Å². The van der Waals surface area contributed by atoms with Crippen molar-refractivity contribution in [1.82, 2.24) is 9.88 Å². The summed E-state index contributed by atoms with van der Waals surface area (Å²) in [6.07, 6.45) is 7.08. The molecule has 3 aliphatic rings. The van der Waals surface area contributed by atoms with Crippen LogP contribution in [-0.4, -0.2) is 40.1 Å². The molecule has 3 heterocycles. The van der Waals surface area contributed by atoms with Gasteiger partial charge >= 0.3 is 0 Å². The molecule has 36 heavy (non-hydrogen) atoms. The number of aromatic nitrogens is 1. The van der Waals surface area contributed by atoms with Crippen LogP contribution in [-0.2, 0) is 23.2 Å². The molecule has 1 N–H and O–H groups in total. The number of halogens is 3. The molecule has 0 saturated carbocycles. The van der Waals surface area contributed by atoms with Gasteiger partial charge in [0.2, 0.25) is 0 Å². The molecule has 1 aromatic heterocycles. The van der Waals surface area contributed by atoms with Gasteiger partial charge in [-0.2, -0.15) is 0 Å². The van der Waals surface area contributed by atoms with Gasteiger partial charge < -0.3 is 14.7 Å². The smallest absolute Gasteiger partial charge is 0.263 e. The minimum atomic E-state index is -1.21. The Balaban J connectivity index is 1.21. The molecular weight excluding hydrogens is 502 g/mol. The molecular formula is C28H23Cl2FN2O3. The second-order valence-electron chi connectivity index (χ2n) is 9.56. The van der Waals surface area contributed by atoms with Crippen LogP contribution in [0.1, 0.15) is 35.2 Å². The molecule has 1 atom stereocenters. The quantitative estimate of drug-likeness (QED) is 0.485. The van der Waals surface area contributed by atoms with Crippen molar-refractivity contribution >= 4 is 35.2 Å². The van der Waals surface area contributed by atoms with E-state index in [-0.39, 0.29) is 10.9 Å². The number of nitrogens with zero attached hydrogens (tertiary/aromatic N) is 2. The van der Waals surface area contributed by atoms with E-state index in [2.05, 4.69) is 17.1 Å². The van der Waals surface area contributed by atoms with Crippen molar-refractivity contribution in [3.8, 4) is 16.9 Å². The van der Waals surface area contributed by atoms with Crippen molar-refractivity contribution in [2.75, 3.05) is 13.1 Å². The lowest BCUT2D eigenvalue weighted by atomic mass is 9.84. The van der Waals surface area contributed by atoms with Crippen LogP contribution in [0.5, 0.6) is 5.75 Å². The number of rotatable bonds is 3. The van der Waals surface area contributed by atoms with Gasteiger partial charge in [-0.25, -0.2) is 4.39 Å². The highest BCUT2D eigenvalue weighted by molar-refractivity contribution is 6.31. The van der Waals surface area contributed by atoms with Crippen LogP contribution >= 0.6 is 23.2 Å². The minimum absolute atomic E-state index is 0.125. The molecule has 184 valence electrons. The summed E-state index contributed by atoms with van der Waals surface area (Å²) in [4.78, 5) is 19.6. The third-order valence-corrected chi connectivity index (χ3v) is 7.90. The Morgan fingerprint density at radius 3 is 2.72 bits per heavy atom. The molecule has 0 spiro atoms. The Kier molecular flexibility index (Phi) is 5.78. The first-order valence-electron chi connectivity index (χ1n) is 11.9. The first-order valence-corrected chi connectivity index (χ1v) is 12.7. The molecule has 0 radical (unpaired) electrons. The van der Waals surface area contributed by atoms with E-state index in [1.165, 1.54) is 18.2 Å². The number of amides is 1. The summed E-state index contributed by atoms with van der Waals surface area (Å²) in [6, 6.07) is 9.69. The molecule has 1 aliphatic carbocycles. The number of fused-ring (bicyclic) bond motifs is 2. The van der Waals surface area contributed by atoms with Gasteiger partial charge in [0.1, 0.15) is 11.6 Å². The molecule has 5 nitrogen and oxygen atoms in total. The summed E-state index contributed by atoms with van der Waals surface area (Å²) in [5, 5.41) is 12.0. The van der Waals surface area contributed by atoms with E-state index in [4.69, 9.17) is 27.9 Å². The summed E-state index contributed by atoms with van der Waals surface area (Å²) in [5.74, 6) is 0.101. The van der Waals surface area contributed by atoms with E-state index < -0.39 is 17.5 Å². The lowest BCUT2D eigenvalue weighted by molar-refractivity contribution is -0.142. The maximum absolute atomic E-state index is 13.5. The number of pyridine rings is 1. The van der Waals surface area contributed by atoms with Crippen LogP contribution in [0.15, 0.2) is 48.7 Å². The first-order chi connectivity index (χ1) is 17.3. The van der Waals surface area contributed by atoms with Gasteiger partial charge in [-0.1, -0.05) is 41.4 Å². The highest BCUT2D eigenvalue weighted by atomic mass is 35.5. The van der Waals surface area contributed by atoms with Crippen LogP contribution < -0.4 is 4.74 Å². The predicted molar refractivity (Wildman–Crippen MR) is 137 cm³/mol. The Hall–Kier alpha value is -2.93. The molecule has 6 rings (SSSR count). The zero-order valence-electron chi connectivity index (χ0n) is 19.3. The number of hydrogen-bond acceptors (Lipinski definition) is 4. The fraction of sp³-hybridized carbons (Fsp3) is 0.286. The van der Waals surface area contributed by atoms with Crippen molar-refractivity contribution in [1.29, 1.82) is 0 Å². The van der Waals surface area contributed by atoms with Crippen LogP contribution in [0.3, 0.4) is 0 Å². The van der Waals surface area contributed by atoms with Gasteiger partial charge in [0.25, 0.3) is 5.91 Å². The number of benzene rings is 2. The Labute approximate surface area is 218 Å². The normalized spacial score (nSPS) is 19.7. The van der Waals surface area contributed by atoms with Crippen molar-refractivity contribution in [2.24, 2.45) is 0 Å². The number of ether oxygens (including phenoxy) is 1. The van der Waals surface area contributed by atoms with Crippen LogP contribution in [0, 0.1) is 5.82 Å². The molecule has 8 heteroatoms. The zero-order chi connectivity index (χ0) is 25.0. The minimum Gasteiger partial charge on any atom is -0.479 e. The van der Waals surface area contributed by atoms with E-state index in [1.807, 2.05) is 18.2 Å². The second kappa shape index (κ2) is 8.87. The summed E-state index contributed by atoms with van der Waals surface area (Å²) < 4.78 is 19.7. The average Bonchev–Trinajstić information content (AvgIpc) is 3.50. The summed E-state index contributed by atoms with van der Waals surface area (Å²) in [6.45, 7) is 0.686. The number of carbonyl (C=O) groups excluding carboxylic acids is 1. The molecule has 1 amide bonds. The second-order valence-corrected chi connectivity index (χ2v) is 10.4. The number of aliphatic hydroxyl groups is 1. The van der Waals surface area contributed by atoms with Crippen molar-refractivity contribution in [3.05, 3.63) is 86.9 Å². The van der Waals surface area contributed by atoms with Gasteiger partial charge in [-0.05, 0) is 48.7 Å². The highest BCUT2D eigenvalue weighted by Crippen LogP contribution is 2.44. The molecule has 1 saturated heterocycles. The number of carbonyl (C=O) groups is 1. The number of allylic oxidation sites excluding steroid dienone is 1. The summed E-state index contributed by atoms with van der Waals surface area (Å²) >= 11 is 12.7. The van der Waals surface area contributed by atoms with Crippen LogP contribution in [0.2, 0.25) is 10.0 Å². The van der Waals surface area contributed by atoms with E-state index in [0.29, 0.717) is 48.7 Å².